The van der Waals surface area contributed by atoms with Crippen LogP contribution in [0.5, 0.6) is 0 Å². The Morgan fingerprint density at radius 3 is 2.95 bits per heavy atom. The van der Waals surface area contributed by atoms with E-state index >= 15 is 0 Å². The van der Waals surface area contributed by atoms with Crippen LogP contribution in [0.2, 0.25) is 0 Å². The summed E-state index contributed by atoms with van der Waals surface area (Å²) in [6.07, 6.45) is 5.36. The first kappa shape index (κ1) is 12.5. The van der Waals surface area contributed by atoms with E-state index in [0.717, 1.165) is 24.9 Å². The second kappa shape index (κ2) is 5.24. The van der Waals surface area contributed by atoms with Gasteiger partial charge in [-0.05, 0) is 36.8 Å². The first-order valence-electron chi connectivity index (χ1n) is 7.27. The van der Waals surface area contributed by atoms with Crippen LogP contribution in [0.15, 0.2) is 24.3 Å². The van der Waals surface area contributed by atoms with Crippen molar-refractivity contribution in [1.29, 1.82) is 0 Å². The lowest BCUT2D eigenvalue weighted by Crippen LogP contribution is -2.34. The Morgan fingerprint density at radius 1 is 1.32 bits per heavy atom. The molecule has 3 nitrogen and oxygen atoms in total. The van der Waals surface area contributed by atoms with Crippen LogP contribution < -0.4 is 5.32 Å². The van der Waals surface area contributed by atoms with Gasteiger partial charge in [0.2, 0.25) is 0 Å². The highest BCUT2D eigenvalue weighted by molar-refractivity contribution is 5.83. The molecule has 1 heterocycles. The molecule has 102 valence electrons. The van der Waals surface area contributed by atoms with E-state index in [4.69, 9.17) is 4.74 Å². The Kier molecular flexibility index (Phi) is 3.45. The van der Waals surface area contributed by atoms with Crippen LogP contribution in [-0.2, 0) is 16.0 Å². The number of carbonyl (C=O) groups is 1. The van der Waals surface area contributed by atoms with E-state index in [0.29, 0.717) is 5.92 Å². The number of hydrogen-bond donors (Lipinski definition) is 1. The lowest BCUT2D eigenvalue weighted by molar-refractivity contribution is -0.152. The van der Waals surface area contributed by atoms with Crippen LogP contribution in [0.25, 0.3) is 0 Å². The second-order valence-corrected chi connectivity index (χ2v) is 5.89. The summed E-state index contributed by atoms with van der Waals surface area (Å²) in [5, 5.41) is 3.26. The minimum atomic E-state index is -0.199. The number of fused-ring (bicyclic) bond motifs is 1. The predicted molar refractivity (Wildman–Crippen MR) is 75.1 cm³/mol. The second-order valence-electron chi connectivity index (χ2n) is 5.89. The molecule has 1 N–H and O–H groups in total. The highest BCUT2D eigenvalue weighted by atomic mass is 16.5. The van der Waals surface area contributed by atoms with Crippen LogP contribution >= 0.6 is 0 Å². The van der Waals surface area contributed by atoms with Crippen LogP contribution in [0.1, 0.15) is 38.2 Å². The van der Waals surface area contributed by atoms with Crippen LogP contribution in [0.3, 0.4) is 0 Å². The zero-order valence-corrected chi connectivity index (χ0v) is 11.4. The van der Waals surface area contributed by atoms with Crippen LogP contribution in [0.4, 0.5) is 5.69 Å². The Hall–Kier alpha value is -1.51. The minimum absolute atomic E-state index is 0.0877. The van der Waals surface area contributed by atoms with E-state index in [9.17, 15) is 4.79 Å². The van der Waals surface area contributed by atoms with Gasteiger partial charge in [0, 0.05) is 12.1 Å². The molecule has 2 unspecified atom stereocenters. The number of carbonyl (C=O) groups excluding carboxylic acids is 1. The molecule has 0 amide bonds. The molecule has 1 saturated carbocycles. The van der Waals surface area contributed by atoms with Gasteiger partial charge in [-0.3, -0.25) is 0 Å². The first-order chi connectivity index (χ1) is 9.22. The lowest BCUT2D eigenvalue weighted by atomic mass is 9.89. The highest BCUT2D eigenvalue weighted by Crippen LogP contribution is 2.29. The monoisotopic (exact) mass is 259 g/mol. The van der Waals surface area contributed by atoms with Crippen molar-refractivity contribution in [2.24, 2.45) is 5.92 Å². The summed E-state index contributed by atoms with van der Waals surface area (Å²) in [6, 6.07) is 7.89. The molecule has 3 heteroatoms. The van der Waals surface area contributed by atoms with Crippen molar-refractivity contribution in [2.75, 3.05) is 5.32 Å². The van der Waals surface area contributed by atoms with E-state index in [1.807, 2.05) is 18.2 Å². The fraction of sp³-hybridized carbons (Fsp3) is 0.562. The lowest BCUT2D eigenvalue weighted by Gasteiger charge is -2.27. The molecule has 3 rings (SSSR count). The summed E-state index contributed by atoms with van der Waals surface area (Å²) in [4.78, 5) is 12.2. The van der Waals surface area contributed by atoms with Gasteiger partial charge in [0.25, 0.3) is 0 Å². The summed E-state index contributed by atoms with van der Waals surface area (Å²) in [5.74, 6) is 0.593. The van der Waals surface area contributed by atoms with E-state index in [1.165, 1.54) is 18.4 Å². The molecule has 0 spiro atoms. The summed E-state index contributed by atoms with van der Waals surface area (Å²) >= 11 is 0. The van der Waals surface area contributed by atoms with Crippen molar-refractivity contribution in [3.8, 4) is 0 Å². The fourth-order valence-electron chi connectivity index (χ4n) is 3.17. The maximum atomic E-state index is 12.2. The number of hydrogen-bond acceptors (Lipinski definition) is 3. The number of anilines is 1. The molecule has 0 saturated heterocycles. The van der Waals surface area contributed by atoms with E-state index in [1.54, 1.807) is 0 Å². The third-order valence-corrected chi connectivity index (χ3v) is 4.23. The molecule has 1 aliphatic carbocycles. The summed E-state index contributed by atoms with van der Waals surface area (Å²) in [7, 11) is 0. The molecule has 0 radical (unpaired) electrons. The van der Waals surface area contributed by atoms with Gasteiger partial charge in [0.15, 0.2) is 0 Å². The Balaban J connectivity index is 1.58. The number of ether oxygens (including phenoxy) is 1. The predicted octanol–water partition coefficient (Wildman–Crippen LogP) is 3.15. The summed E-state index contributed by atoms with van der Waals surface area (Å²) in [5.41, 5.74) is 2.28. The van der Waals surface area contributed by atoms with Gasteiger partial charge in [0.1, 0.15) is 12.1 Å². The molecule has 2 aliphatic rings. The third-order valence-electron chi connectivity index (χ3n) is 4.23. The molecule has 19 heavy (non-hydrogen) atoms. The maximum Gasteiger partial charge on any atom is 0.329 e. The van der Waals surface area contributed by atoms with Crippen molar-refractivity contribution in [3.05, 3.63) is 29.8 Å². The molecule has 1 aromatic rings. The average Bonchev–Trinajstić information content (AvgIpc) is 2.82. The molecule has 0 aromatic heterocycles. The van der Waals surface area contributed by atoms with Crippen LogP contribution in [-0.4, -0.2) is 18.1 Å². The van der Waals surface area contributed by atoms with Crippen molar-refractivity contribution >= 4 is 11.7 Å². The largest absolute Gasteiger partial charge is 0.461 e. The standard InChI is InChI=1S/C16H21NO2/c1-11-5-4-7-13(9-11)19-16(18)15-10-12-6-2-3-8-14(12)17-15/h2-3,6,8,11,13,15,17H,4-5,7,9-10H2,1H3/t11?,13?,15-/m0/s1. The Bertz CT molecular complexity index is 447. The van der Waals surface area contributed by atoms with Crippen molar-refractivity contribution < 1.29 is 9.53 Å². The number of para-hydroxylation sites is 1. The Labute approximate surface area is 114 Å². The Morgan fingerprint density at radius 2 is 2.16 bits per heavy atom. The van der Waals surface area contributed by atoms with Crippen molar-refractivity contribution in [3.63, 3.8) is 0 Å². The van der Waals surface area contributed by atoms with E-state index in [2.05, 4.69) is 18.3 Å². The molecule has 1 fully saturated rings. The summed E-state index contributed by atoms with van der Waals surface area (Å²) in [6.45, 7) is 2.24. The van der Waals surface area contributed by atoms with Gasteiger partial charge in [-0.1, -0.05) is 31.5 Å². The van der Waals surface area contributed by atoms with Gasteiger partial charge >= 0.3 is 5.97 Å². The number of benzene rings is 1. The van der Waals surface area contributed by atoms with Gasteiger partial charge in [-0.15, -0.1) is 0 Å². The number of esters is 1. The topological polar surface area (TPSA) is 38.3 Å². The molecule has 0 bridgehead atoms. The maximum absolute atomic E-state index is 12.2. The zero-order chi connectivity index (χ0) is 13.2. The SMILES string of the molecule is CC1CCCC(OC(=O)[C@@H]2Cc3ccccc3N2)C1. The average molecular weight is 259 g/mol. The molecular formula is C16H21NO2. The zero-order valence-electron chi connectivity index (χ0n) is 11.4. The van der Waals surface area contributed by atoms with Crippen LogP contribution in [0, 0.1) is 5.92 Å². The van der Waals surface area contributed by atoms with Gasteiger partial charge in [0.05, 0.1) is 0 Å². The smallest absolute Gasteiger partial charge is 0.329 e. The highest BCUT2D eigenvalue weighted by Gasteiger charge is 2.30. The molecule has 3 atom stereocenters. The fourth-order valence-corrected chi connectivity index (χ4v) is 3.17. The molecule has 1 aromatic carbocycles. The third kappa shape index (κ3) is 2.75. The first-order valence-corrected chi connectivity index (χ1v) is 7.27. The number of nitrogens with one attached hydrogen (secondary N) is 1. The van der Waals surface area contributed by atoms with Crippen molar-refractivity contribution in [1.82, 2.24) is 0 Å². The van der Waals surface area contributed by atoms with Gasteiger partial charge in [-0.2, -0.15) is 0 Å². The van der Waals surface area contributed by atoms with E-state index in [-0.39, 0.29) is 18.1 Å². The normalized spacial score (nSPS) is 29.4. The quantitative estimate of drug-likeness (QED) is 0.829. The number of rotatable bonds is 2. The molecular weight excluding hydrogens is 238 g/mol. The minimum Gasteiger partial charge on any atom is -0.461 e. The van der Waals surface area contributed by atoms with Gasteiger partial charge < -0.3 is 10.1 Å². The van der Waals surface area contributed by atoms with E-state index < -0.39 is 0 Å². The van der Waals surface area contributed by atoms with Crippen molar-refractivity contribution in [2.45, 2.75) is 51.2 Å². The molecule has 1 aliphatic heterocycles. The summed E-state index contributed by atoms with van der Waals surface area (Å²) < 4.78 is 5.68. The van der Waals surface area contributed by atoms with Gasteiger partial charge in [-0.25, -0.2) is 4.79 Å².